The highest BCUT2D eigenvalue weighted by atomic mass is 19.1. The average molecular weight is 382 g/mol. The molecule has 0 radical (unpaired) electrons. The second-order valence-corrected chi connectivity index (χ2v) is 6.28. The van der Waals surface area contributed by atoms with Crippen LogP contribution >= 0.6 is 0 Å². The summed E-state index contributed by atoms with van der Waals surface area (Å²) in [7, 11) is 4.60. The predicted molar refractivity (Wildman–Crippen MR) is 102 cm³/mol. The fourth-order valence-electron chi connectivity index (χ4n) is 2.63. The first-order chi connectivity index (χ1) is 13.4. The summed E-state index contributed by atoms with van der Waals surface area (Å²) in [6.45, 7) is 0. The lowest BCUT2D eigenvalue weighted by atomic mass is 10.1. The molecule has 3 aromatic rings. The number of H-pyrrole nitrogens is 1. The van der Waals surface area contributed by atoms with E-state index in [1.54, 1.807) is 44.4 Å². The van der Waals surface area contributed by atoms with Gasteiger partial charge in [0.25, 0.3) is 5.91 Å². The Kier molecular flexibility index (Phi) is 5.44. The third-order valence-corrected chi connectivity index (χ3v) is 4.01. The van der Waals surface area contributed by atoms with Gasteiger partial charge in [-0.2, -0.15) is 0 Å². The Hall–Kier alpha value is -3.61. The van der Waals surface area contributed by atoms with Crippen molar-refractivity contribution in [3.05, 3.63) is 71.7 Å². The highest BCUT2D eigenvalue weighted by Gasteiger charge is 2.15. The van der Waals surface area contributed by atoms with Crippen molar-refractivity contribution in [2.75, 3.05) is 21.2 Å². The van der Waals surface area contributed by atoms with Crippen molar-refractivity contribution >= 4 is 11.9 Å². The summed E-state index contributed by atoms with van der Waals surface area (Å²) in [6, 6.07) is 13.9. The minimum atomic E-state index is -0.491. The van der Waals surface area contributed by atoms with Crippen molar-refractivity contribution in [1.29, 1.82) is 0 Å². The van der Waals surface area contributed by atoms with Crippen LogP contribution in [-0.2, 0) is 4.74 Å². The second-order valence-electron chi connectivity index (χ2n) is 6.28. The first-order valence-electron chi connectivity index (χ1n) is 8.45. The monoisotopic (exact) mass is 382 g/mol. The van der Waals surface area contributed by atoms with Crippen LogP contribution in [0.3, 0.4) is 0 Å². The fraction of sp³-hybridized carbons (Fsp3) is 0.143. The number of benzene rings is 2. The van der Waals surface area contributed by atoms with E-state index < -0.39 is 5.97 Å². The van der Waals surface area contributed by atoms with Gasteiger partial charge in [0, 0.05) is 30.9 Å². The van der Waals surface area contributed by atoms with Gasteiger partial charge in [-0.05, 0) is 54.6 Å². The Balaban J connectivity index is 2.02. The van der Waals surface area contributed by atoms with Crippen molar-refractivity contribution in [3.63, 3.8) is 0 Å². The topological polar surface area (TPSA) is 71.6 Å². The zero-order chi connectivity index (χ0) is 20.3. The molecule has 3 rings (SSSR count). The molecule has 0 spiro atoms. The third kappa shape index (κ3) is 4.20. The maximum Gasteiger partial charge on any atom is 0.354 e. The van der Waals surface area contributed by atoms with Crippen molar-refractivity contribution in [3.8, 4) is 22.8 Å². The molecule has 0 unspecified atom stereocenters. The zero-order valence-corrected chi connectivity index (χ0v) is 15.7. The standard InChI is InChI=1S/C21H19FN2O4/c1-24(2)20(25)14-10-13(18-8-9-19(23-18)21(26)27-3)11-17(12-14)28-16-6-4-15(22)5-7-16/h4-12,23H,1-3H3. The number of methoxy groups -OCH3 is 1. The summed E-state index contributed by atoms with van der Waals surface area (Å²) in [5.41, 5.74) is 1.98. The molecule has 1 aromatic heterocycles. The SMILES string of the molecule is COC(=O)c1ccc(-c2cc(Oc3ccc(F)cc3)cc(C(=O)N(C)C)c2)[nH]1. The Morgan fingerprint density at radius 2 is 1.68 bits per heavy atom. The number of hydrogen-bond acceptors (Lipinski definition) is 4. The van der Waals surface area contributed by atoms with E-state index in [0.29, 0.717) is 34.0 Å². The summed E-state index contributed by atoms with van der Waals surface area (Å²) < 4.78 is 23.6. The van der Waals surface area contributed by atoms with E-state index in [1.807, 2.05) is 0 Å². The molecular formula is C21H19FN2O4. The lowest BCUT2D eigenvalue weighted by Crippen LogP contribution is -2.21. The number of halogens is 1. The van der Waals surface area contributed by atoms with Crippen LogP contribution in [0.5, 0.6) is 11.5 Å². The number of carbonyl (C=O) groups is 2. The van der Waals surface area contributed by atoms with Gasteiger partial charge in [-0.25, -0.2) is 9.18 Å². The molecule has 7 heteroatoms. The predicted octanol–water partition coefficient (Wildman–Crippen LogP) is 4.10. The lowest BCUT2D eigenvalue weighted by molar-refractivity contribution is 0.0594. The van der Waals surface area contributed by atoms with Crippen LogP contribution in [0.4, 0.5) is 4.39 Å². The fourth-order valence-corrected chi connectivity index (χ4v) is 2.63. The first kappa shape index (κ1) is 19.2. The van der Waals surface area contributed by atoms with E-state index in [4.69, 9.17) is 9.47 Å². The van der Waals surface area contributed by atoms with E-state index in [1.165, 1.54) is 36.3 Å². The van der Waals surface area contributed by atoms with E-state index in [2.05, 4.69) is 4.98 Å². The molecule has 0 aliphatic rings. The number of carbonyl (C=O) groups excluding carboxylic acids is 2. The molecule has 0 bridgehead atoms. The average Bonchev–Trinajstić information content (AvgIpc) is 3.18. The number of aromatic nitrogens is 1. The van der Waals surface area contributed by atoms with Gasteiger partial charge in [0.1, 0.15) is 23.0 Å². The maximum atomic E-state index is 13.1. The molecule has 1 heterocycles. The molecule has 144 valence electrons. The lowest BCUT2D eigenvalue weighted by Gasteiger charge is -2.14. The molecule has 0 aliphatic heterocycles. The number of nitrogens with one attached hydrogen (secondary N) is 1. The van der Waals surface area contributed by atoms with Crippen LogP contribution < -0.4 is 4.74 Å². The Morgan fingerprint density at radius 1 is 0.964 bits per heavy atom. The van der Waals surface area contributed by atoms with E-state index in [9.17, 15) is 14.0 Å². The Bertz CT molecular complexity index is 1010. The summed E-state index contributed by atoms with van der Waals surface area (Å²) in [5.74, 6) is -0.224. The molecule has 0 saturated heterocycles. The highest BCUT2D eigenvalue weighted by Crippen LogP contribution is 2.29. The molecule has 2 aromatic carbocycles. The number of esters is 1. The van der Waals surface area contributed by atoms with Gasteiger partial charge in [-0.1, -0.05) is 0 Å². The van der Waals surface area contributed by atoms with Gasteiger partial charge in [0.15, 0.2) is 0 Å². The molecule has 0 aliphatic carbocycles. The molecule has 0 atom stereocenters. The molecule has 0 saturated carbocycles. The van der Waals surface area contributed by atoms with E-state index in [0.717, 1.165) is 0 Å². The molecular weight excluding hydrogens is 363 g/mol. The van der Waals surface area contributed by atoms with E-state index in [-0.39, 0.29) is 11.7 Å². The van der Waals surface area contributed by atoms with Crippen molar-refractivity contribution in [1.82, 2.24) is 9.88 Å². The Labute approximate surface area is 161 Å². The highest BCUT2D eigenvalue weighted by molar-refractivity contribution is 5.96. The van der Waals surface area contributed by atoms with Gasteiger partial charge in [-0.3, -0.25) is 4.79 Å². The molecule has 1 amide bonds. The van der Waals surface area contributed by atoms with Gasteiger partial charge in [0.2, 0.25) is 0 Å². The summed E-state index contributed by atoms with van der Waals surface area (Å²) in [5, 5.41) is 0. The smallest absolute Gasteiger partial charge is 0.354 e. The van der Waals surface area contributed by atoms with Gasteiger partial charge in [-0.15, -0.1) is 0 Å². The Morgan fingerprint density at radius 3 is 2.32 bits per heavy atom. The van der Waals surface area contributed by atoms with Gasteiger partial charge < -0.3 is 19.4 Å². The normalized spacial score (nSPS) is 10.4. The number of aromatic amines is 1. The van der Waals surface area contributed by atoms with Crippen molar-refractivity contribution < 1.29 is 23.5 Å². The summed E-state index contributed by atoms with van der Waals surface area (Å²) >= 11 is 0. The van der Waals surface area contributed by atoms with Crippen LogP contribution in [0, 0.1) is 5.82 Å². The maximum absolute atomic E-state index is 13.1. The second kappa shape index (κ2) is 7.96. The van der Waals surface area contributed by atoms with Gasteiger partial charge >= 0.3 is 5.97 Å². The minimum absolute atomic E-state index is 0.203. The third-order valence-electron chi connectivity index (χ3n) is 4.01. The quantitative estimate of drug-likeness (QED) is 0.675. The van der Waals surface area contributed by atoms with Crippen LogP contribution in [0.15, 0.2) is 54.6 Å². The molecule has 6 nitrogen and oxygen atoms in total. The molecule has 28 heavy (non-hydrogen) atoms. The van der Waals surface area contributed by atoms with E-state index >= 15 is 0 Å². The minimum Gasteiger partial charge on any atom is -0.464 e. The molecule has 1 N–H and O–H groups in total. The number of rotatable bonds is 5. The van der Waals surface area contributed by atoms with Crippen LogP contribution in [0.1, 0.15) is 20.8 Å². The van der Waals surface area contributed by atoms with Crippen molar-refractivity contribution in [2.45, 2.75) is 0 Å². The molecule has 0 fully saturated rings. The summed E-state index contributed by atoms with van der Waals surface area (Å²) in [4.78, 5) is 28.6. The number of ether oxygens (including phenoxy) is 2. The summed E-state index contributed by atoms with van der Waals surface area (Å²) in [6.07, 6.45) is 0. The zero-order valence-electron chi connectivity index (χ0n) is 15.7. The largest absolute Gasteiger partial charge is 0.464 e. The van der Waals surface area contributed by atoms with Gasteiger partial charge in [0.05, 0.1) is 7.11 Å². The number of nitrogens with zero attached hydrogens (tertiary/aromatic N) is 1. The number of amides is 1. The number of hydrogen-bond donors (Lipinski definition) is 1. The van der Waals surface area contributed by atoms with Crippen molar-refractivity contribution in [2.24, 2.45) is 0 Å². The van der Waals surface area contributed by atoms with Crippen LogP contribution in [-0.4, -0.2) is 43.0 Å². The van der Waals surface area contributed by atoms with Crippen LogP contribution in [0.25, 0.3) is 11.3 Å². The first-order valence-corrected chi connectivity index (χ1v) is 8.45. The van der Waals surface area contributed by atoms with Crippen LogP contribution in [0.2, 0.25) is 0 Å².